The van der Waals surface area contributed by atoms with E-state index < -0.39 is 0 Å². The highest BCUT2D eigenvalue weighted by Crippen LogP contribution is 2.36. The summed E-state index contributed by atoms with van der Waals surface area (Å²) in [5, 5.41) is 0.854. The summed E-state index contributed by atoms with van der Waals surface area (Å²) in [4.78, 5) is -0.298. The Balaban J connectivity index is 2.38. The standard InChI is InChI=1S/C14H10BrCl2FO/c1-19-13-5-2-8(6-11(13)17)14(15)10-4-3-9(16)7-12(10)18/h2-7,14H,1H3. The molecule has 0 aliphatic rings. The Kier molecular flexibility index (Phi) is 4.71. The Hall–Kier alpha value is -0.770. The molecule has 0 aliphatic carbocycles. The number of benzene rings is 2. The van der Waals surface area contributed by atoms with Crippen molar-refractivity contribution in [3.05, 3.63) is 63.4 Å². The molecule has 5 heteroatoms. The number of ether oxygens (including phenoxy) is 1. The van der Waals surface area contributed by atoms with Crippen LogP contribution < -0.4 is 4.74 Å². The Labute approximate surface area is 129 Å². The van der Waals surface area contributed by atoms with Crippen LogP contribution in [0.2, 0.25) is 10.0 Å². The SMILES string of the molecule is COc1ccc(C(Br)c2ccc(Cl)cc2F)cc1Cl. The van der Waals surface area contributed by atoms with E-state index in [9.17, 15) is 4.39 Å². The third kappa shape index (κ3) is 3.22. The van der Waals surface area contributed by atoms with E-state index in [0.717, 1.165) is 5.56 Å². The highest BCUT2D eigenvalue weighted by molar-refractivity contribution is 9.09. The summed E-state index contributed by atoms with van der Waals surface area (Å²) in [6.07, 6.45) is 0. The summed E-state index contributed by atoms with van der Waals surface area (Å²) in [6, 6.07) is 9.91. The van der Waals surface area contributed by atoms with E-state index in [1.807, 2.05) is 6.07 Å². The molecule has 0 aromatic heterocycles. The smallest absolute Gasteiger partial charge is 0.137 e. The highest BCUT2D eigenvalue weighted by atomic mass is 79.9. The fourth-order valence-electron chi connectivity index (χ4n) is 1.73. The van der Waals surface area contributed by atoms with Gasteiger partial charge in [0.15, 0.2) is 0 Å². The molecule has 0 amide bonds. The minimum Gasteiger partial charge on any atom is -0.495 e. The van der Waals surface area contributed by atoms with Gasteiger partial charge >= 0.3 is 0 Å². The van der Waals surface area contributed by atoms with Crippen molar-refractivity contribution >= 4 is 39.1 Å². The van der Waals surface area contributed by atoms with E-state index in [4.69, 9.17) is 27.9 Å². The van der Waals surface area contributed by atoms with Crippen molar-refractivity contribution in [2.24, 2.45) is 0 Å². The van der Waals surface area contributed by atoms with Gasteiger partial charge in [0.25, 0.3) is 0 Å². The molecule has 0 heterocycles. The summed E-state index contributed by atoms with van der Waals surface area (Å²) in [5.74, 6) is 0.225. The number of alkyl halides is 1. The Bertz CT molecular complexity index is 604. The quantitative estimate of drug-likeness (QED) is 0.642. The molecule has 0 radical (unpaired) electrons. The van der Waals surface area contributed by atoms with E-state index in [0.29, 0.717) is 21.4 Å². The van der Waals surface area contributed by atoms with E-state index in [1.165, 1.54) is 6.07 Å². The van der Waals surface area contributed by atoms with Crippen LogP contribution in [0, 0.1) is 5.82 Å². The molecule has 0 fully saturated rings. The fraction of sp³-hybridized carbons (Fsp3) is 0.143. The van der Waals surface area contributed by atoms with Gasteiger partial charge in [0, 0.05) is 10.6 Å². The zero-order chi connectivity index (χ0) is 14.0. The second kappa shape index (κ2) is 6.12. The molecule has 0 saturated carbocycles. The van der Waals surface area contributed by atoms with E-state index in [2.05, 4.69) is 15.9 Å². The minimum absolute atomic E-state index is 0.298. The van der Waals surface area contributed by atoms with Gasteiger partial charge in [-0.15, -0.1) is 0 Å². The number of rotatable bonds is 3. The van der Waals surface area contributed by atoms with Crippen LogP contribution in [-0.4, -0.2) is 7.11 Å². The lowest BCUT2D eigenvalue weighted by Gasteiger charge is -2.13. The molecule has 1 unspecified atom stereocenters. The molecular formula is C14H10BrCl2FO. The molecule has 0 saturated heterocycles. The van der Waals surface area contributed by atoms with Gasteiger partial charge in [-0.2, -0.15) is 0 Å². The Morgan fingerprint density at radius 3 is 2.47 bits per heavy atom. The number of hydrogen-bond acceptors (Lipinski definition) is 1. The predicted octanol–water partition coefficient (Wildman–Crippen LogP) is 5.63. The van der Waals surface area contributed by atoms with Crippen LogP contribution in [-0.2, 0) is 0 Å². The topological polar surface area (TPSA) is 9.23 Å². The second-order valence-corrected chi connectivity index (χ2v) is 5.68. The van der Waals surface area contributed by atoms with E-state index in [1.54, 1.807) is 31.4 Å². The summed E-state index contributed by atoms with van der Waals surface area (Å²) in [7, 11) is 1.55. The molecule has 1 atom stereocenters. The van der Waals surface area contributed by atoms with Crippen molar-refractivity contribution in [2.75, 3.05) is 7.11 Å². The van der Waals surface area contributed by atoms with E-state index in [-0.39, 0.29) is 10.6 Å². The number of hydrogen-bond donors (Lipinski definition) is 0. The first-order valence-corrected chi connectivity index (χ1v) is 7.12. The van der Waals surface area contributed by atoms with Gasteiger partial charge in [0.05, 0.1) is 17.0 Å². The zero-order valence-corrected chi connectivity index (χ0v) is 13.1. The Morgan fingerprint density at radius 1 is 1.16 bits per heavy atom. The molecule has 19 heavy (non-hydrogen) atoms. The summed E-state index contributed by atoms with van der Waals surface area (Å²) in [6.45, 7) is 0. The van der Waals surface area contributed by atoms with Crippen molar-refractivity contribution in [2.45, 2.75) is 4.83 Å². The molecule has 0 N–H and O–H groups in total. The van der Waals surface area contributed by atoms with Crippen LogP contribution in [0.25, 0.3) is 0 Å². The first-order valence-electron chi connectivity index (χ1n) is 5.45. The van der Waals surface area contributed by atoms with Crippen molar-refractivity contribution in [1.29, 1.82) is 0 Å². The lowest BCUT2D eigenvalue weighted by molar-refractivity contribution is 0.415. The molecule has 0 aliphatic heterocycles. The van der Waals surface area contributed by atoms with Crippen LogP contribution in [0.15, 0.2) is 36.4 Å². The second-order valence-electron chi connectivity index (χ2n) is 3.92. The first kappa shape index (κ1) is 14.6. The lowest BCUT2D eigenvalue weighted by atomic mass is 10.0. The average molecular weight is 364 g/mol. The highest BCUT2D eigenvalue weighted by Gasteiger charge is 2.16. The first-order chi connectivity index (χ1) is 9.02. The van der Waals surface area contributed by atoms with Gasteiger partial charge in [0.2, 0.25) is 0 Å². The van der Waals surface area contributed by atoms with Crippen LogP contribution in [0.5, 0.6) is 5.75 Å². The van der Waals surface area contributed by atoms with Gasteiger partial charge in [0.1, 0.15) is 11.6 Å². The van der Waals surface area contributed by atoms with E-state index >= 15 is 0 Å². The molecule has 1 nitrogen and oxygen atoms in total. The largest absolute Gasteiger partial charge is 0.495 e. The van der Waals surface area contributed by atoms with Gasteiger partial charge in [-0.05, 0) is 29.8 Å². The molecule has 0 bridgehead atoms. The van der Waals surface area contributed by atoms with Crippen molar-refractivity contribution in [3.8, 4) is 5.75 Å². The van der Waals surface area contributed by atoms with Gasteiger partial charge < -0.3 is 4.74 Å². The van der Waals surface area contributed by atoms with Crippen LogP contribution >= 0.6 is 39.1 Å². The molecular weight excluding hydrogens is 354 g/mol. The van der Waals surface area contributed by atoms with Gasteiger partial charge in [-0.1, -0.05) is 51.3 Å². The van der Waals surface area contributed by atoms with Crippen molar-refractivity contribution in [3.63, 3.8) is 0 Å². The van der Waals surface area contributed by atoms with Crippen molar-refractivity contribution in [1.82, 2.24) is 0 Å². The van der Waals surface area contributed by atoms with Crippen molar-refractivity contribution < 1.29 is 9.13 Å². The third-order valence-corrected chi connectivity index (χ3v) is 4.26. The molecule has 0 spiro atoms. The lowest BCUT2D eigenvalue weighted by Crippen LogP contribution is -1.97. The normalized spacial score (nSPS) is 12.3. The summed E-state index contributed by atoms with van der Waals surface area (Å²) in [5.41, 5.74) is 1.35. The van der Waals surface area contributed by atoms with Crippen LogP contribution in [0.1, 0.15) is 16.0 Å². The monoisotopic (exact) mass is 362 g/mol. The maximum atomic E-state index is 13.9. The molecule has 100 valence electrons. The van der Waals surface area contributed by atoms with Gasteiger partial charge in [-0.3, -0.25) is 0 Å². The maximum Gasteiger partial charge on any atom is 0.137 e. The number of methoxy groups -OCH3 is 1. The third-order valence-electron chi connectivity index (χ3n) is 2.70. The minimum atomic E-state index is -0.360. The summed E-state index contributed by atoms with van der Waals surface area (Å²) >= 11 is 15.3. The fourth-order valence-corrected chi connectivity index (χ4v) is 2.81. The molecule has 2 aromatic carbocycles. The van der Waals surface area contributed by atoms with Crippen LogP contribution in [0.4, 0.5) is 4.39 Å². The zero-order valence-electron chi connectivity index (χ0n) is 9.96. The molecule has 2 aromatic rings. The van der Waals surface area contributed by atoms with Crippen LogP contribution in [0.3, 0.4) is 0 Å². The maximum absolute atomic E-state index is 13.9. The average Bonchev–Trinajstić information content (AvgIpc) is 2.38. The number of halogens is 4. The van der Waals surface area contributed by atoms with Gasteiger partial charge in [-0.25, -0.2) is 4.39 Å². The summed E-state index contributed by atoms with van der Waals surface area (Å²) < 4.78 is 18.9. The predicted molar refractivity (Wildman–Crippen MR) is 80.2 cm³/mol. The Morgan fingerprint density at radius 2 is 1.89 bits per heavy atom. The molecule has 2 rings (SSSR count).